The Bertz CT molecular complexity index is 934. The van der Waals surface area contributed by atoms with E-state index in [1.54, 1.807) is 0 Å². The van der Waals surface area contributed by atoms with Crippen molar-refractivity contribution in [2.24, 2.45) is 0 Å². The lowest BCUT2D eigenvalue weighted by atomic mass is 9.99. The highest BCUT2D eigenvalue weighted by atomic mass is 16.5. The zero-order chi connectivity index (χ0) is 19.8. The molecule has 28 heavy (non-hydrogen) atoms. The maximum Gasteiger partial charge on any atom is 0.328 e. The zero-order valence-electron chi connectivity index (χ0n) is 15.8. The van der Waals surface area contributed by atoms with E-state index in [0.29, 0.717) is 13.0 Å². The van der Waals surface area contributed by atoms with Gasteiger partial charge in [-0.25, -0.2) is 4.79 Å². The molecule has 0 aliphatic heterocycles. The Hall–Kier alpha value is -3.18. The number of ether oxygens (including phenoxy) is 2. The standard InChI is InChI=1S/C23H23NO4/c1-27-23(26)21(14-19-12-7-11-18-10-5-6-13-20(18)19)24-22(25)16-28-15-17-8-3-2-4-9-17/h2-13,21H,14-16H2,1H3,(H,24,25)/t21-/m1/s1. The van der Waals surface area contributed by atoms with Crippen molar-refractivity contribution in [2.45, 2.75) is 19.1 Å². The summed E-state index contributed by atoms with van der Waals surface area (Å²) in [6.45, 7) is 0.207. The minimum absolute atomic E-state index is 0.127. The Kier molecular flexibility index (Phi) is 6.76. The van der Waals surface area contributed by atoms with Crippen LogP contribution in [-0.2, 0) is 32.1 Å². The molecule has 0 saturated carbocycles. The second-order valence-electron chi connectivity index (χ2n) is 6.46. The van der Waals surface area contributed by atoms with Crippen molar-refractivity contribution in [3.05, 3.63) is 83.9 Å². The minimum Gasteiger partial charge on any atom is -0.467 e. The average Bonchev–Trinajstić information content (AvgIpc) is 2.73. The van der Waals surface area contributed by atoms with Gasteiger partial charge in [0.05, 0.1) is 13.7 Å². The topological polar surface area (TPSA) is 64.6 Å². The first-order valence-electron chi connectivity index (χ1n) is 9.13. The number of hydrogen-bond donors (Lipinski definition) is 1. The fourth-order valence-electron chi connectivity index (χ4n) is 3.10. The van der Waals surface area contributed by atoms with Crippen molar-refractivity contribution in [2.75, 3.05) is 13.7 Å². The van der Waals surface area contributed by atoms with Crippen molar-refractivity contribution < 1.29 is 19.1 Å². The fourth-order valence-corrected chi connectivity index (χ4v) is 3.10. The van der Waals surface area contributed by atoms with Crippen molar-refractivity contribution in [1.82, 2.24) is 5.32 Å². The van der Waals surface area contributed by atoms with Gasteiger partial charge in [-0.2, -0.15) is 0 Å². The van der Waals surface area contributed by atoms with Gasteiger partial charge in [-0.1, -0.05) is 72.8 Å². The van der Waals surface area contributed by atoms with Crippen molar-refractivity contribution >= 4 is 22.6 Å². The Morgan fingerprint density at radius 1 is 0.929 bits per heavy atom. The molecule has 144 valence electrons. The van der Waals surface area contributed by atoms with Crippen LogP contribution in [0.1, 0.15) is 11.1 Å². The van der Waals surface area contributed by atoms with Crippen LogP contribution < -0.4 is 5.32 Å². The van der Waals surface area contributed by atoms with Crippen molar-refractivity contribution in [1.29, 1.82) is 0 Å². The molecule has 5 nitrogen and oxygen atoms in total. The summed E-state index contributed by atoms with van der Waals surface area (Å²) in [7, 11) is 1.32. The number of amides is 1. The first kappa shape index (κ1) is 19.6. The third-order valence-electron chi connectivity index (χ3n) is 4.47. The van der Waals surface area contributed by atoms with Crippen LogP contribution in [-0.4, -0.2) is 31.6 Å². The number of methoxy groups -OCH3 is 1. The SMILES string of the molecule is COC(=O)[C@@H](Cc1cccc2ccccc12)NC(=O)COCc1ccccc1. The Morgan fingerprint density at radius 3 is 2.43 bits per heavy atom. The van der Waals surface area contributed by atoms with E-state index in [1.807, 2.05) is 72.8 Å². The molecule has 0 fully saturated rings. The highest BCUT2D eigenvalue weighted by Gasteiger charge is 2.22. The maximum absolute atomic E-state index is 12.3. The predicted octanol–water partition coefficient (Wildman–Crippen LogP) is 3.26. The van der Waals surface area contributed by atoms with Gasteiger partial charge in [-0.3, -0.25) is 4.79 Å². The average molecular weight is 377 g/mol. The number of rotatable bonds is 8. The third-order valence-corrected chi connectivity index (χ3v) is 4.47. The second-order valence-corrected chi connectivity index (χ2v) is 6.46. The highest BCUT2D eigenvalue weighted by molar-refractivity contribution is 5.88. The second kappa shape index (κ2) is 9.67. The normalized spacial score (nSPS) is 11.8. The molecule has 0 saturated heterocycles. The van der Waals surface area contributed by atoms with Crippen molar-refractivity contribution in [3.63, 3.8) is 0 Å². The first-order valence-corrected chi connectivity index (χ1v) is 9.13. The molecule has 3 aromatic rings. The Morgan fingerprint density at radius 2 is 1.64 bits per heavy atom. The van der Waals surface area contributed by atoms with Gasteiger partial charge in [-0.05, 0) is 21.9 Å². The number of hydrogen-bond acceptors (Lipinski definition) is 4. The molecule has 0 spiro atoms. The van der Waals surface area contributed by atoms with Gasteiger partial charge in [0.25, 0.3) is 0 Å². The summed E-state index contributed by atoms with van der Waals surface area (Å²) in [5.74, 6) is -0.837. The van der Waals surface area contributed by atoms with E-state index in [1.165, 1.54) is 7.11 Å². The van der Waals surface area contributed by atoms with Gasteiger partial charge in [0, 0.05) is 6.42 Å². The lowest BCUT2D eigenvalue weighted by Crippen LogP contribution is -2.44. The largest absolute Gasteiger partial charge is 0.467 e. The molecule has 0 aromatic heterocycles. The molecule has 1 N–H and O–H groups in total. The van der Waals surface area contributed by atoms with Crippen LogP contribution in [0, 0.1) is 0 Å². The maximum atomic E-state index is 12.3. The molecular formula is C23H23NO4. The number of benzene rings is 3. The van der Waals surface area contributed by atoms with Crippen LogP contribution >= 0.6 is 0 Å². The number of carbonyl (C=O) groups excluding carboxylic acids is 2. The van der Waals surface area contributed by atoms with Gasteiger partial charge in [0.1, 0.15) is 12.6 Å². The Labute approximate surface area is 164 Å². The van der Waals surface area contributed by atoms with Gasteiger partial charge in [0.2, 0.25) is 5.91 Å². The molecule has 3 aromatic carbocycles. The van der Waals surface area contributed by atoms with E-state index in [2.05, 4.69) is 5.32 Å². The summed E-state index contributed by atoms with van der Waals surface area (Å²) >= 11 is 0. The molecule has 5 heteroatoms. The molecule has 0 aliphatic carbocycles. The molecular weight excluding hydrogens is 354 g/mol. The predicted molar refractivity (Wildman–Crippen MR) is 108 cm³/mol. The molecule has 1 amide bonds. The monoisotopic (exact) mass is 377 g/mol. The quantitative estimate of drug-likeness (QED) is 0.612. The van der Waals surface area contributed by atoms with Crippen LogP contribution in [0.5, 0.6) is 0 Å². The van der Waals surface area contributed by atoms with Gasteiger partial charge >= 0.3 is 5.97 Å². The number of carbonyl (C=O) groups is 2. The summed E-state index contributed by atoms with van der Waals surface area (Å²) in [6, 6.07) is 22.7. The smallest absolute Gasteiger partial charge is 0.328 e. The molecule has 0 bridgehead atoms. The minimum atomic E-state index is -0.774. The number of esters is 1. The van der Waals surface area contributed by atoms with Gasteiger partial charge < -0.3 is 14.8 Å². The van der Waals surface area contributed by atoms with E-state index >= 15 is 0 Å². The van der Waals surface area contributed by atoms with Crippen LogP contribution in [0.3, 0.4) is 0 Å². The highest BCUT2D eigenvalue weighted by Crippen LogP contribution is 2.20. The van der Waals surface area contributed by atoms with Crippen LogP contribution in [0.25, 0.3) is 10.8 Å². The summed E-state index contributed by atoms with van der Waals surface area (Å²) in [5, 5.41) is 4.86. The van der Waals surface area contributed by atoms with Gasteiger partial charge in [0.15, 0.2) is 0 Å². The molecule has 1 atom stereocenters. The summed E-state index contributed by atoms with van der Waals surface area (Å²) in [5.41, 5.74) is 1.95. The van der Waals surface area contributed by atoms with Crippen molar-refractivity contribution in [3.8, 4) is 0 Å². The molecule has 0 aliphatic rings. The molecule has 0 unspecified atom stereocenters. The zero-order valence-corrected chi connectivity index (χ0v) is 15.8. The number of fused-ring (bicyclic) bond motifs is 1. The third kappa shape index (κ3) is 5.18. The molecule has 3 rings (SSSR count). The summed E-state index contributed by atoms with van der Waals surface area (Å²) < 4.78 is 10.3. The molecule has 0 radical (unpaired) electrons. The fraction of sp³-hybridized carbons (Fsp3) is 0.217. The molecule has 0 heterocycles. The van der Waals surface area contributed by atoms with E-state index in [4.69, 9.17) is 9.47 Å². The van der Waals surface area contributed by atoms with E-state index < -0.39 is 12.0 Å². The summed E-state index contributed by atoms with van der Waals surface area (Å²) in [4.78, 5) is 24.5. The number of nitrogens with one attached hydrogen (secondary N) is 1. The van der Waals surface area contributed by atoms with Gasteiger partial charge in [-0.15, -0.1) is 0 Å². The van der Waals surface area contributed by atoms with E-state index in [0.717, 1.165) is 21.9 Å². The van der Waals surface area contributed by atoms with Crippen LogP contribution in [0.15, 0.2) is 72.8 Å². The lowest BCUT2D eigenvalue weighted by Gasteiger charge is -2.18. The van der Waals surface area contributed by atoms with E-state index in [-0.39, 0.29) is 12.5 Å². The van der Waals surface area contributed by atoms with Crippen LogP contribution in [0.2, 0.25) is 0 Å². The van der Waals surface area contributed by atoms with E-state index in [9.17, 15) is 9.59 Å². The first-order chi connectivity index (χ1) is 13.7. The van der Waals surface area contributed by atoms with Crippen LogP contribution in [0.4, 0.5) is 0 Å². The lowest BCUT2D eigenvalue weighted by molar-refractivity contribution is -0.145. The summed E-state index contributed by atoms with van der Waals surface area (Å²) in [6.07, 6.45) is 0.346. The Balaban J connectivity index is 1.63.